The van der Waals surface area contributed by atoms with Crippen LogP contribution in [0.4, 0.5) is 0 Å². The van der Waals surface area contributed by atoms with Crippen LogP contribution in [0.15, 0.2) is 22.9 Å². The number of halogens is 1. The summed E-state index contributed by atoms with van der Waals surface area (Å²) >= 11 is 3.16. The van der Waals surface area contributed by atoms with Crippen molar-refractivity contribution in [2.24, 2.45) is 0 Å². The smallest absolute Gasteiger partial charge is 0.341 e. The average molecular weight is 268 g/mol. The van der Waals surface area contributed by atoms with Gasteiger partial charge in [0.1, 0.15) is 5.75 Å². The summed E-state index contributed by atoms with van der Waals surface area (Å²) in [5.74, 6) is 0.740. The predicted molar refractivity (Wildman–Crippen MR) is 60.1 cm³/mol. The van der Waals surface area contributed by atoms with Gasteiger partial charge in [0.05, 0.1) is 0 Å². The van der Waals surface area contributed by atoms with Crippen molar-refractivity contribution in [3.05, 3.63) is 34.1 Å². The van der Waals surface area contributed by atoms with Crippen LogP contribution < -0.4 is 4.74 Å². The van der Waals surface area contributed by atoms with Crippen molar-refractivity contribution in [1.29, 1.82) is 0 Å². The molecule has 4 nitrogen and oxygen atoms in total. The number of aryl methyl sites for hydroxylation is 2. The minimum absolute atomic E-state index is 0.310. The number of ether oxygens (including phenoxy) is 1. The van der Waals surface area contributed by atoms with Gasteiger partial charge in [-0.3, -0.25) is 5.10 Å². The second-order valence-corrected chi connectivity index (χ2v) is 4.01. The Balaban J connectivity index is 2.21. The summed E-state index contributed by atoms with van der Waals surface area (Å²) in [5.41, 5.74) is 2.42. The molecule has 78 valence electrons. The Bertz CT molecular complexity index is 481. The van der Waals surface area contributed by atoms with Crippen molar-refractivity contribution in [2.75, 3.05) is 0 Å². The summed E-state index contributed by atoms with van der Waals surface area (Å²) in [4.78, 5) is 3.99. The first-order chi connectivity index (χ1) is 7.15. The summed E-state index contributed by atoms with van der Waals surface area (Å²) in [6, 6.07) is 6.17. The van der Waals surface area contributed by atoms with Gasteiger partial charge in [-0.25, -0.2) is 0 Å². The topological polar surface area (TPSA) is 50.8 Å². The molecule has 1 aromatic heterocycles. The van der Waals surface area contributed by atoms with Gasteiger partial charge in [0.15, 0.2) is 4.73 Å². The van der Waals surface area contributed by atoms with Gasteiger partial charge in [-0.1, -0.05) is 6.07 Å². The van der Waals surface area contributed by atoms with Crippen LogP contribution in [-0.2, 0) is 0 Å². The zero-order chi connectivity index (χ0) is 10.8. The highest BCUT2D eigenvalue weighted by Gasteiger charge is 2.03. The number of nitrogens with zero attached hydrogens (tertiary/aromatic N) is 2. The molecule has 0 saturated carbocycles. The molecule has 1 aromatic carbocycles. The van der Waals surface area contributed by atoms with E-state index < -0.39 is 0 Å². The number of hydrogen-bond acceptors (Lipinski definition) is 3. The standard InChI is InChI=1S/C10H10BrN3O/c1-6-3-4-8(5-7(6)2)15-10-12-9(11)13-14-10/h3-5H,1-2H3,(H,12,13,14). The highest BCUT2D eigenvalue weighted by Crippen LogP contribution is 2.21. The van der Waals surface area contributed by atoms with E-state index in [9.17, 15) is 0 Å². The van der Waals surface area contributed by atoms with E-state index in [0.717, 1.165) is 5.75 Å². The third-order valence-electron chi connectivity index (χ3n) is 2.13. The fourth-order valence-corrected chi connectivity index (χ4v) is 1.40. The second kappa shape index (κ2) is 4.02. The van der Waals surface area contributed by atoms with Crippen molar-refractivity contribution >= 4 is 15.9 Å². The van der Waals surface area contributed by atoms with E-state index in [2.05, 4.69) is 38.0 Å². The lowest BCUT2D eigenvalue weighted by molar-refractivity contribution is 0.443. The monoisotopic (exact) mass is 267 g/mol. The molecule has 0 amide bonds. The lowest BCUT2D eigenvalue weighted by atomic mass is 10.1. The van der Waals surface area contributed by atoms with Gasteiger partial charge in [-0.15, -0.1) is 5.10 Å². The second-order valence-electron chi connectivity index (χ2n) is 3.26. The Hall–Kier alpha value is -1.36. The highest BCUT2D eigenvalue weighted by atomic mass is 79.9. The fraction of sp³-hybridized carbons (Fsp3) is 0.200. The van der Waals surface area contributed by atoms with Crippen LogP contribution in [0, 0.1) is 13.8 Å². The van der Waals surface area contributed by atoms with E-state index in [4.69, 9.17) is 4.74 Å². The van der Waals surface area contributed by atoms with Crippen LogP contribution in [0.1, 0.15) is 11.1 Å². The lowest BCUT2D eigenvalue weighted by Crippen LogP contribution is -1.88. The molecule has 15 heavy (non-hydrogen) atoms. The van der Waals surface area contributed by atoms with Crippen molar-refractivity contribution in [3.63, 3.8) is 0 Å². The third-order valence-corrected chi connectivity index (χ3v) is 2.48. The van der Waals surface area contributed by atoms with Crippen LogP contribution in [-0.4, -0.2) is 15.2 Å². The normalized spacial score (nSPS) is 10.3. The zero-order valence-electron chi connectivity index (χ0n) is 8.41. The van der Waals surface area contributed by atoms with Crippen molar-refractivity contribution in [1.82, 2.24) is 15.2 Å². The molecule has 0 atom stereocenters. The summed E-state index contributed by atoms with van der Waals surface area (Å²) in [6.07, 6.45) is 0. The van der Waals surface area contributed by atoms with E-state index in [1.54, 1.807) is 0 Å². The Labute approximate surface area is 95.8 Å². The van der Waals surface area contributed by atoms with Gasteiger partial charge in [0.25, 0.3) is 0 Å². The van der Waals surface area contributed by atoms with Crippen molar-refractivity contribution in [3.8, 4) is 11.8 Å². The maximum atomic E-state index is 5.45. The first kappa shape index (κ1) is 10.2. The van der Waals surface area contributed by atoms with Gasteiger partial charge in [0, 0.05) is 0 Å². The Morgan fingerprint density at radius 1 is 1.27 bits per heavy atom. The van der Waals surface area contributed by atoms with Crippen LogP contribution in [0.25, 0.3) is 0 Å². The summed E-state index contributed by atoms with van der Waals surface area (Å²) in [6.45, 7) is 4.10. The number of rotatable bonds is 2. The van der Waals surface area contributed by atoms with Gasteiger partial charge in [-0.05, 0) is 53.0 Å². The minimum atomic E-state index is 0.310. The molecule has 0 spiro atoms. The third kappa shape index (κ3) is 2.36. The molecule has 0 aliphatic heterocycles. The van der Waals surface area contributed by atoms with Crippen LogP contribution >= 0.6 is 15.9 Å². The number of aromatic amines is 1. The zero-order valence-corrected chi connectivity index (χ0v) is 10.00. The SMILES string of the molecule is Cc1ccc(Oc2n[nH]c(Br)n2)cc1C. The van der Waals surface area contributed by atoms with Crippen LogP contribution in [0.2, 0.25) is 0 Å². The summed E-state index contributed by atoms with van der Waals surface area (Å²) < 4.78 is 6.01. The number of aromatic nitrogens is 3. The van der Waals surface area contributed by atoms with Crippen LogP contribution in [0.3, 0.4) is 0 Å². The largest absolute Gasteiger partial charge is 0.423 e. The molecule has 1 heterocycles. The van der Waals surface area contributed by atoms with E-state index in [0.29, 0.717) is 10.7 Å². The molecule has 2 aromatic rings. The molecule has 0 unspecified atom stereocenters. The first-order valence-corrected chi connectivity index (χ1v) is 5.27. The molecule has 5 heteroatoms. The maximum absolute atomic E-state index is 5.45. The van der Waals surface area contributed by atoms with Gasteiger partial charge in [-0.2, -0.15) is 4.98 Å². The number of hydrogen-bond donors (Lipinski definition) is 1. The predicted octanol–water partition coefficient (Wildman–Crippen LogP) is 2.98. The molecule has 2 rings (SSSR count). The molecular weight excluding hydrogens is 258 g/mol. The van der Waals surface area contributed by atoms with E-state index >= 15 is 0 Å². The lowest BCUT2D eigenvalue weighted by Gasteiger charge is -2.03. The number of H-pyrrole nitrogens is 1. The molecule has 0 fully saturated rings. The van der Waals surface area contributed by atoms with Gasteiger partial charge >= 0.3 is 6.01 Å². The first-order valence-electron chi connectivity index (χ1n) is 4.48. The van der Waals surface area contributed by atoms with E-state index in [1.807, 2.05) is 25.1 Å². The number of nitrogens with one attached hydrogen (secondary N) is 1. The van der Waals surface area contributed by atoms with Gasteiger partial charge in [0.2, 0.25) is 0 Å². The molecule has 0 aliphatic rings. The van der Waals surface area contributed by atoms with Crippen LogP contribution in [0.5, 0.6) is 11.8 Å². The molecule has 0 bridgehead atoms. The number of benzene rings is 1. The summed E-state index contributed by atoms with van der Waals surface area (Å²) in [5, 5.41) is 6.50. The molecular formula is C10H10BrN3O. The molecule has 0 radical (unpaired) electrons. The average Bonchev–Trinajstić information content (AvgIpc) is 2.58. The van der Waals surface area contributed by atoms with Crippen molar-refractivity contribution < 1.29 is 4.74 Å². The summed E-state index contributed by atoms with van der Waals surface area (Å²) in [7, 11) is 0. The minimum Gasteiger partial charge on any atom is -0.423 e. The van der Waals surface area contributed by atoms with E-state index in [-0.39, 0.29) is 0 Å². The Morgan fingerprint density at radius 2 is 2.07 bits per heavy atom. The quantitative estimate of drug-likeness (QED) is 0.910. The maximum Gasteiger partial charge on any atom is 0.341 e. The Morgan fingerprint density at radius 3 is 2.67 bits per heavy atom. The Kier molecular flexibility index (Phi) is 2.73. The fourth-order valence-electron chi connectivity index (χ4n) is 1.16. The van der Waals surface area contributed by atoms with Gasteiger partial charge < -0.3 is 4.74 Å². The van der Waals surface area contributed by atoms with E-state index in [1.165, 1.54) is 11.1 Å². The highest BCUT2D eigenvalue weighted by molar-refractivity contribution is 9.10. The molecule has 0 aliphatic carbocycles. The van der Waals surface area contributed by atoms with Crippen molar-refractivity contribution in [2.45, 2.75) is 13.8 Å². The molecule has 0 saturated heterocycles. The molecule has 1 N–H and O–H groups in total.